The van der Waals surface area contributed by atoms with Crippen LogP contribution in [0.2, 0.25) is 0 Å². The van der Waals surface area contributed by atoms with Crippen molar-refractivity contribution in [3.8, 4) is 17.2 Å². The van der Waals surface area contributed by atoms with Gasteiger partial charge >= 0.3 is 5.97 Å². The summed E-state index contributed by atoms with van der Waals surface area (Å²) in [7, 11) is 1.41. The summed E-state index contributed by atoms with van der Waals surface area (Å²) >= 11 is 0. The van der Waals surface area contributed by atoms with E-state index in [4.69, 9.17) is 4.74 Å². The molecule has 222 valence electrons. The molecule has 0 aliphatic carbocycles. The molecule has 0 bridgehead atoms. The molecule has 3 N–H and O–H groups in total. The molecule has 0 atom stereocenters. The molecule has 0 aliphatic heterocycles. The Bertz CT molecular complexity index is 1270. The highest BCUT2D eigenvalue weighted by Gasteiger charge is 2.56. The molecule has 0 heterocycles. The zero-order valence-corrected chi connectivity index (χ0v) is 25.7. The number of hydrogen-bond donors (Lipinski definition) is 3. The number of aryl methyl sites for hydroxylation is 3. The van der Waals surface area contributed by atoms with Gasteiger partial charge in [-0.1, -0.05) is 90.3 Å². The third kappa shape index (κ3) is 6.39. The summed E-state index contributed by atoms with van der Waals surface area (Å²) in [5, 5.41) is 32.2. The van der Waals surface area contributed by atoms with Crippen molar-refractivity contribution in [2.24, 2.45) is 0 Å². The molecule has 3 rings (SSSR count). The molecule has 0 aromatic heterocycles. The van der Waals surface area contributed by atoms with E-state index in [-0.39, 0.29) is 17.2 Å². The Morgan fingerprint density at radius 2 is 0.976 bits per heavy atom. The standard InChI is InChI=1S/C36H48O5/c1-7-10-13-25-22-28(16-19-31(25)37)35(4,5)36(34(40)41-6,29-17-20-32(38)26(23-29)14-11-8-2)30-18-21-33(39)27(24-30)15-12-9-3/h16-24,37-39H,7-15H2,1-6H3. The highest BCUT2D eigenvalue weighted by Crippen LogP contribution is 2.51. The van der Waals surface area contributed by atoms with Crippen molar-refractivity contribution >= 4 is 5.97 Å². The minimum atomic E-state index is -1.33. The van der Waals surface area contributed by atoms with Crippen molar-refractivity contribution in [1.82, 2.24) is 0 Å². The van der Waals surface area contributed by atoms with Crippen molar-refractivity contribution in [2.45, 2.75) is 103 Å². The van der Waals surface area contributed by atoms with Crippen LogP contribution in [0.4, 0.5) is 0 Å². The average molecular weight is 561 g/mol. The molecule has 3 aromatic carbocycles. The summed E-state index contributed by atoms with van der Waals surface area (Å²) in [6.07, 6.45) is 7.82. The third-order valence-electron chi connectivity index (χ3n) is 8.65. The van der Waals surface area contributed by atoms with E-state index in [9.17, 15) is 20.1 Å². The van der Waals surface area contributed by atoms with Gasteiger partial charge in [0.25, 0.3) is 0 Å². The predicted octanol–water partition coefficient (Wildman–Crippen LogP) is 8.27. The summed E-state index contributed by atoms with van der Waals surface area (Å²) in [5.74, 6) is 0.240. The lowest BCUT2D eigenvalue weighted by Gasteiger charge is -2.46. The summed E-state index contributed by atoms with van der Waals surface area (Å²) in [4.78, 5) is 14.4. The van der Waals surface area contributed by atoms with Gasteiger partial charge in [0.05, 0.1) is 7.11 Å². The Morgan fingerprint density at radius 3 is 1.32 bits per heavy atom. The monoisotopic (exact) mass is 560 g/mol. The van der Waals surface area contributed by atoms with Crippen LogP contribution in [-0.2, 0) is 39.6 Å². The van der Waals surface area contributed by atoms with Crippen LogP contribution < -0.4 is 0 Å². The summed E-state index contributed by atoms with van der Waals surface area (Å²) in [6.45, 7) is 10.4. The van der Waals surface area contributed by atoms with Crippen LogP contribution in [0.3, 0.4) is 0 Å². The molecule has 0 aliphatic rings. The highest BCUT2D eigenvalue weighted by atomic mass is 16.5. The average Bonchev–Trinajstić information content (AvgIpc) is 2.96. The Kier molecular flexibility index (Phi) is 10.9. The number of rotatable bonds is 14. The molecule has 5 nitrogen and oxygen atoms in total. The Hall–Kier alpha value is -3.47. The predicted molar refractivity (Wildman–Crippen MR) is 166 cm³/mol. The first-order chi connectivity index (χ1) is 19.6. The number of hydrogen-bond acceptors (Lipinski definition) is 5. The maximum atomic E-state index is 14.4. The van der Waals surface area contributed by atoms with Crippen molar-refractivity contribution in [2.75, 3.05) is 7.11 Å². The van der Waals surface area contributed by atoms with Crippen LogP contribution >= 0.6 is 0 Å². The highest BCUT2D eigenvalue weighted by molar-refractivity contribution is 5.90. The number of ether oxygens (including phenoxy) is 1. The molecule has 3 aromatic rings. The van der Waals surface area contributed by atoms with Gasteiger partial charge in [-0.2, -0.15) is 0 Å². The van der Waals surface area contributed by atoms with Crippen molar-refractivity contribution in [1.29, 1.82) is 0 Å². The zero-order valence-electron chi connectivity index (χ0n) is 25.7. The van der Waals surface area contributed by atoms with Gasteiger partial charge in [-0.25, -0.2) is 0 Å². The normalized spacial score (nSPS) is 12.0. The Balaban J connectivity index is 2.43. The molecule has 0 amide bonds. The Morgan fingerprint density at radius 1 is 0.634 bits per heavy atom. The summed E-state index contributed by atoms with van der Waals surface area (Å²) < 4.78 is 5.64. The number of carbonyl (C=O) groups is 1. The summed E-state index contributed by atoms with van der Waals surface area (Å²) in [5.41, 5.74) is 2.54. The maximum Gasteiger partial charge on any atom is 0.321 e. The fraction of sp³-hybridized carbons (Fsp3) is 0.472. The van der Waals surface area contributed by atoms with Crippen LogP contribution in [-0.4, -0.2) is 28.4 Å². The fourth-order valence-electron chi connectivity index (χ4n) is 6.06. The van der Waals surface area contributed by atoms with Gasteiger partial charge < -0.3 is 20.1 Å². The second-order valence-corrected chi connectivity index (χ2v) is 11.7. The second kappa shape index (κ2) is 13.9. The minimum Gasteiger partial charge on any atom is -0.508 e. The molecule has 0 radical (unpaired) electrons. The van der Waals surface area contributed by atoms with E-state index in [0.717, 1.165) is 67.2 Å². The van der Waals surface area contributed by atoms with E-state index in [2.05, 4.69) is 20.8 Å². The molecular formula is C36H48O5. The number of esters is 1. The third-order valence-corrected chi connectivity index (χ3v) is 8.65. The quantitative estimate of drug-likeness (QED) is 0.173. The van der Waals surface area contributed by atoms with E-state index in [1.54, 1.807) is 18.2 Å². The smallest absolute Gasteiger partial charge is 0.321 e. The molecule has 0 saturated carbocycles. The molecular weight excluding hydrogens is 512 g/mol. The van der Waals surface area contributed by atoms with Gasteiger partial charge in [0.2, 0.25) is 0 Å². The van der Waals surface area contributed by atoms with Crippen LogP contribution in [0.5, 0.6) is 17.2 Å². The van der Waals surface area contributed by atoms with E-state index in [0.29, 0.717) is 24.0 Å². The number of carbonyl (C=O) groups excluding carboxylic acids is 1. The first kappa shape index (κ1) is 32.0. The summed E-state index contributed by atoms with van der Waals surface area (Å²) in [6, 6.07) is 16.5. The number of benzene rings is 3. The number of aromatic hydroxyl groups is 3. The van der Waals surface area contributed by atoms with Gasteiger partial charge in [0.1, 0.15) is 22.7 Å². The number of phenolic OH excluding ortho intramolecular Hbond substituents is 3. The zero-order chi connectivity index (χ0) is 30.2. The SMILES string of the molecule is CCCCc1cc(C(C)(C)C(C(=O)OC)(c2ccc(O)c(CCCC)c2)c2ccc(O)c(CCCC)c2)ccc1O. The number of unbranched alkanes of at least 4 members (excludes halogenated alkanes) is 3. The molecule has 0 fully saturated rings. The lowest BCUT2D eigenvalue weighted by atomic mass is 9.55. The molecule has 0 unspecified atom stereocenters. The molecule has 41 heavy (non-hydrogen) atoms. The van der Waals surface area contributed by atoms with Crippen LogP contribution in [0.15, 0.2) is 54.6 Å². The van der Waals surface area contributed by atoms with E-state index in [1.165, 1.54) is 7.11 Å². The van der Waals surface area contributed by atoms with Gasteiger partial charge in [-0.15, -0.1) is 0 Å². The van der Waals surface area contributed by atoms with Crippen molar-refractivity contribution in [3.05, 3.63) is 88.0 Å². The number of phenols is 3. The van der Waals surface area contributed by atoms with Crippen LogP contribution in [0, 0.1) is 0 Å². The van der Waals surface area contributed by atoms with Gasteiger partial charge in [-0.05, 0) is 90.1 Å². The first-order valence-corrected chi connectivity index (χ1v) is 15.1. The van der Waals surface area contributed by atoms with Crippen molar-refractivity contribution in [3.63, 3.8) is 0 Å². The van der Waals surface area contributed by atoms with Crippen LogP contribution in [0.1, 0.15) is 107 Å². The van der Waals surface area contributed by atoms with E-state index >= 15 is 0 Å². The minimum absolute atomic E-state index is 0.208. The van der Waals surface area contributed by atoms with Gasteiger partial charge in [-0.3, -0.25) is 4.79 Å². The molecule has 0 spiro atoms. The van der Waals surface area contributed by atoms with Gasteiger partial charge in [0, 0.05) is 5.41 Å². The van der Waals surface area contributed by atoms with Crippen LogP contribution in [0.25, 0.3) is 0 Å². The Labute approximate surface area is 246 Å². The lowest BCUT2D eigenvalue weighted by Crippen LogP contribution is -2.53. The molecule has 5 heteroatoms. The lowest BCUT2D eigenvalue weighted by molar-refractivity contribution is -0.148. The molecule has 0 saturated heterocycles. The van der Waals surface area contributed by atoms with E-state index in [1.807, 2.05) is 50.2 Å². The topological polar surface area (TPSA) is 87.0 Å². The van der Waals surface area contributed by atoms with Gasteiger partial charge in [0.15, 0.2) is 0 Å². The van der Waals surface area contributed by atoms with Crippen molar-refractivity contribution < 1.29 is 24.9 Å². The number of methoxy groups -OCH3 is 1. The largest absolute Gasteiger partial charge is 0.508 e. The second-order valence-electron chi connectivity index (χ2n) is 11.7. The fourth-order valence-corrected chi connectivity index (χ4v) is 6.06. The first-order valence-electron chi connectivity index (χ1n) is 15.1. The van der Waals surface area contributed by atoms with E-state index < -0.39 is 16.8 Å². The maximum absolute atomic E-state index is 14.4.